The van der Waals surface area contributed by atoms with E-state index in [1.165, 1.54) is 11.8 Å². The molecular formula is C20H19ClN4O3S. The Bertz CT molecular complexity index is 993. The molecule has 150 valence electrons. The second-order valence-corrected chi connectivity index (χ2v) is 7.80. The van der Waals surface area contributed by atoms with E-state index in [0.717, 1.165) is 11.1 Å². The summed E-state index contributed by atoms with van der Waals surface area (Å²) < 4.78 is 5.24. The summed E-state index contributed by atoms with van der Waals surface area (Å²) in [5.41, 5.74) is 2.27. The lowest BCUT2D eigenvalue weighted by Crippen LogP contribution is -2.28. The van der Waals surface area contributed by atoms with Crippen molar-refractivity contribution in [3.63, 3.8) is 0 Å². The first-order valence-electron chi connectivity index (χ1n) is 8.74. The van der Waals surface area contributed by atoms with Crippen molar-refractivity contribution in [1.82, 2.24) is 5.32 Å². The van der Waals surface area contributed by atoms with Crippen LogP contribution in [0, 0.1) is 6.92 Å². The summed E-state index contributed by atoms with van der Waals surface area (Å²) in [6.07, 6.45) is 1.55. The van der Waals surface area contributed by atoms with Crippen LogP contribution in [0.4, 0.5) is 5.69 Å². The zero-order valence-corrected chi connectivity index (χ0v) is 17.4. The van der Waals surface area contributed by atoms with Crippen LogP contribution in [0.2, 0.25) is 5.02 Å². The number of amidine groups is 1. The number of carbonyl (C=O) groups is 2. The van der Waals surface area contributed by atoms with Crippen molar-refractivity contribution in [3.05, 3.63) is 58.6 Å². The van der Waals surface area contributed by atoms with E-state index < -0.39 is 5.25 Å². The van der Waals surface area contributed by atoms with E-state index in [0.29, 0.717) is 21.6 Å². The number of thioether (sulfide) groups is 1. The minimum Gasteiger partial charge on any atom is -0.496 e. The maximum atomic E-state index is 12.3. The molecule has 1 aliphatic heterocycles. The van der Waals surface area contributed by atoms with Crippen LogP contribution < -0.4 is 15.4 Å². The summed E-state index contributed by atoms with van der Waals surface area (Å²) in [5, 5.41) is 13.7. The van der Waals surface area contributed by atoms with E-state index in [9.17, 15) is 9.59 Å². The van der Waals surface area contributed by atoms with Crippen molar-refractivity contribution < 1.29 is 14.3 Å². The van der Waals surface area contributed by atoms with Gasteiger partial charge in [-0.15, -0.1) is 5.10 Å². The lowest BCUT2D eigenvalue weighted by molar-refractivity contribution is -0.122. The molecule has 2 amide bonds. The van der Waals surface area contributed by atoms with Crippen LogP contribution in [0.3, 0.4) is 0 Å². The van der Waals surface area contributed by atoms with Crippen molar-refractivity contribution in [2.75, 3.05) is 12.4 Å². The van der Waals surface area contributed by atoms with Gasteiger partial charge < -0.3 is 15.4 Å². The summed E-state index contributed by atoms with van der Waals surface area (Å²) in [5.74, 6) is 0.111. The first-order chi connectivity index (χ1) is 14.0. The Hall–Kier alpha value is -2.84. The van der Waals surface area contributed by atoms with Gasteiger partial charge >= 0.3 is 0 Å². The van der Waals surface area contributed by atoms with Gasteiger partial charge in [0.1, 0.15) is 11.0 Å². The van der Waals surface area contributed by atoms with Gasteiger partial charge in [-0.05, 0) is 36.8 Å². The van der Waals surface area contributed by atoms with E-state index in [4.69, 9.17) is 16.3 Å². The lowest BCUT2D eigenvalue weighted by atomic mass is 10.2. The SMILES string of the molecule is COc1ccccc1/C=N/N=C1/NC(=O)C(CC(=O)Nc2ccc(C)c(Cl)c2)S1. The highest BCUT2D eigenvalue weighted by Crippen LogP contribution is 2.24. The Morgan fingerprint density at radius 2 is 2.14 bits per heavy atom. The van der Waals surface area contributed by atoms with E-state index in [1.54, 1.807) is 25.5 Å². The standard InChI is InChI=1S/C20H19ClN4O3S/c1-12-7-8-14(9-15(12)21)23-18(26)10-17-19(27)24-20(29-17)25-22-11-13-5-3-4-6-16(13)28-2/h3-9,11,17H,10H2,1-2H3,(H,23,26)(H,24,25,27)/b22-11+. The molecule has 9 heteroatoms. The van der Waals surface area contributed by atoms with E-state index in [-0.39, 0.29) is 18.2 Å². The number of amides is 2. The van der Waals surface area contributed by atoms with Gasteiger partial charge in [0.2, 0.25) is 11.8 Å². The topological polar surface area (TPSA) is 92.2 Å². The van der Waals surface area contributed by atoms with Gasteiger partial charge in [0.15, 0.2) is 5.17 Å². The Labute approximate surface area is 177 Å². The van der Waals surface area contributed by atoms with E-state index in [2.05, 4.69) is 20.8 Å². The van der Waals surface area contributed by atoms with Gasteiger partial charge in [-0.1, -0.05) is 41.6 Å². The molecule has 1 saturated heterocycles. The Kier molecular flexibility index (Phi) is 6.90. The predicted octanol–water partition coefficient (Wildman–Crippen LogP) is 3.61. The minimum absolute atomic E-state index is 0.0111. The molecule has 2 N–H and O–H groups in total. The molecule has 0 radical (unpaired) electrons. The molecule has 0 aromatic heterocycles. The fraction of sp³-hybridized carbons (Fsp3) is 0.200. The lowest BCUT2D eigenvalue weighted by Gasteiger charge is -2.08. The van der Waals surface area contributed by atoms with Crippen LogP contribution in [0.1, 0.15) is 17.5 Å². The number of halogens is 1. The molecule has 1 heterocycles. The number of anilines is 1. The quantitative estimate of drug-likeness (QED) is 0.541. The predicted molar refractivity (Wildman–Crippen MR) is 117 cm³/mol. The molecule has 0 spiro atoms. The van der Waals surface area contributed by atoms with Crippen LogP contribution in [-0.4, -0.2) is 35.6 Å². The van der Waals surface area contributed by atoms with Crippen LogP contribution in [0.25, 0.3) is 0 Å². The van der Waals surface area contributed by atoms with Crippen molar-refractivity contribution in [2.24, 2.45) is 10.2 Å². The first-order valence-corrected chi connectivity index (χ1v) is 9.99. The van der Waals surface area contributed by atoms with Crippen molar-refractivity contribution in [1.29, 1.82) is 0 Å². The maximum Gasteiger partial charge on any atom is 0.240 e. The number of aryl methyl sites for hydroxylation is 1. The molecule has 3 rings (SSSR count). The van der Waals surface area contributed by atoms with Crippen LogP contribution in [-0.2, 0) is 9.59 Å². The normalized spacial score (nSPS) is 17.6. The van der Waals surface area contributed by atoms with Crippen LogP contribution in [0.15, 0.2) is 52.7 Å². The molecular weight excluding hydrogens is 412 g/mol. The smallest absolute Gasteiger partial charge is 0.240 e. The molecule has 29 heavy (non-hydrogen) atoms. The summed E-state index contributed by atoms with van der Waals surface area (Å²) in [7, 11) is 1.58. The molecule has 1 aliphatic rings. The van der Waals surface area contributed by atoms with Gasteiger partial charge in [-0.2, -0.15) is 5.10 Å². The monoisotopic (exact) mass is 430 g/mol. The number of nitrogens with one attached hydrogen (secondary N) is 2. The highest BCUT2D eigenvalue weighted by molar-refractivity contribution is 8.15. The van der Waals surface area contributed by atoms with Gasteiger partial charge in [0, 0.05) is 22.7 Å². The van der Waals surface area contributed by atoms with Gasteiger partial charge in [-0.3, -0.25) is 9.59 Å². The highest BCUT2D eigenvalue weighted by Gasteiger charge is 2.32. The summed E-state index contributed by atoms with van der Waals surface area (Å²) in [6, 6.07) is 12.6. The third kappa shape index (κ3) is 5.58. The molecule has 1 fully saturated rings. The number of para-hydroxylation sites is 1. The number of carbonyl (C=O) groups excluding carboxylic acids is 2. The number of hydrogen-bond acceptors (Lipinski definition) is 6. The van der Waals surface area contributed by atoms with Crippen LogP contribution in [0.5, 0.6) is 5.75 Å². The number of hydrogen-bond donors (Lipinski definition) is 2. The summed E-state index contributed by atoms with van der Waals surface area (Å²) >= 11 is 7.23. The van der Waals surface area contributed by atoms with Crippen molar-refractivity contribution >= 4 is 52.2 Å². The Balaban J connectivity index is 1.58. The largest absolute Gasteiger partial charge is 0.496 e. The third-order valence-electron chi connectivity index (χ3n) is 4.09. The Morgan fingerprint density at radius 1 is 1.34 bits per heavy atom. The average Bonchev–Trinajstić information content (AvgIpc) is 3.04. The fourth-order valence-electron chi connectivity index (χ4n) is 2.55. The number of ether oxygens (including phenoxy) is 1. The number of nitrogens with zero attached hydrogens (tertiary/aromatic N) is 2. The maximum absolute atomic E-state index is 12.3. The first kappa shape index (κ1) is 20.9. The molecule has 0 saturated carbocycles. The number of rotatable bonds is 6. The summed E-state index contributed by atoms with van der Waals surface area (Å²) in [6.45, 7) is 1.88. The minimum atomic E-state index is -0.573. The zero-order chi connectivity index (χ0) is 20.8. The highest BCUT2D eigenvalue weighted by atomic mass is 35.5. The van der Waals surface area contributed by atoms with E-state index >= 15 is 0 Å². The molecule has 0 aliphatic carbocycles. The van der Waals surface area contributed by atoms with Crippen molar-refractivity contribution in [2.45, 2.75) is 18.6 Å². The number of methoxy groups -OCH3 is 1. The van der Waals surface area contributed by atoms with Crippen molar-refractivity contribution in [3.8, 4) is 5.75 Å². The molecule has 1 atom stereocenters. The molecule has 0 bridgehead atoms. The van der Waals surface area contributed by atoms with Gasteiger partial charge in [0.05, 0.1) is 13.3 Å². The second-order valence-electron chi connectivity index (χ2n) is 6.20. The number of benzene rings is 2. The van der Waals surface area contributed by atoms with E-state index in [1.807, 2.05) is 37.3 Å². The fourth-order valence-corrected chi connectivity index (χ4v) is 3.66. The second kappa shape index (κ2) is 9.58. The molecule has 1 unspecified atom stereocenters. The molecule has 2 aromatic rings. The third-order valence-corrected chi connectivity index (χ3v) is 5.57. The van der Waals surface area contributed by atoms with Gasteiger partial charge in [-0.25, -0.2) is 0 Å². The van der Waals surface area contributed by atoms with Gasteiger partial charge in [0.25, 0.3) is 0 Å². The Morgan fingerprint density at radius 3 is 2.90 bits per heavy atom. The summed E-state index contributed by atoms with van der Waals surface area (Å²) in [4.78, 5) is 24.4. The molecule has 2 aromatic carbocycles. The molecule has 7 nitrogen and oxygen atoms in total. The zero-order valence-electron chi connectivity index (χ0n) is 15.8. The van der Waals surface area contributed by atoms with Crippen LogP contribution >= 0.6 is 23.4 Å². The average molecular weight is 431 g/mol.